The molecule has 0 aliphatic carbocycles. The highest BCUT2D eigenvalue weighted by atomic mass is 32.2. The van der Waals surface area contributed by atoms with Crippen molar-refractivity contribution in [1.29, 1.82) is 0 Å². The highest BCUT2D eigenvalue weighted by Gasteiger charge is 2.20. The van der Waals surface area contributed by atoms with Gasteiger partial charge in [-0.3, -0.25) is 0 Å². The molecule has 0 aromatic heterocycles. The summed E-state index contributed by atoms with van der Waals surface area (Å²) < 4.78 is 0. The van der Waals surface area contributed by atoms with Crippen LogP contribution in [0.2, 0.25) is 0 Å². The van der Waals surface area contributed by atoms with E-state index in [0.717, 1.165) is 6.54 Å². The highest BCUT2D eigenvalue weighted by Crippen LogP contribution is 2.27. The summed E-state index contributed by atoms with van der Waals surface area (Å²) in [6.45, 7) is 9.30. The third kappa shape index (κ3) is 6.72. The van der Waals surface area contributed by atoms with Gasteiger partial charge in [0.25, 0.3) is 0 Å². The first-order valence-electron chi connectivity index (χ1n) is 5.88. The van der Waals surface area contributed by atoms with Gasteiger partial charge >= 0.3 is 0 Å². The SMILES string of the molecule is CCCNCC(C)(CC)CCCSC. The van der Waals surface area contributed by atoms with Crippen molar-refractivity contribution in [1.82, 2.24) is 5.32 Å². The first kappa shape index (κ1) is 14.3. The summed E-state index contributed by atoms with van der Waals surface area (Å²) in [5.41, 5.74) is 0.519. The molecular formula is C12H27NS. The molecule has 0 fully saturated rings. The third-order valence-corrected chi connectivity index (χ3v) is 3.66. The molecule has 1 nitrogen and oxygen atoms in total. The van der Waals surface area contributed by atoms with Crippen LogP contribution < -0.4 is 5.32 Å². The predicted octanol–water partition coefficient (Wildman–Crippen LogP) is 3.55. The van der Waals surface area contributed by atoms with E-state index >= 15 is 0 Å². The average molecular weight is 217 g/mol. The van der Waals surface area contributed by atoms with Crippen molar-refractivity contribution >= 4 is 11.8 Å². The van der Waals surface area contributed by atoms with E-state index in [-0.39, 0.29) is 0 Å². The van der Waals surface area contributed by atoms with Gasteiger partial charge in [0, 0.05) is 6.54 Å². The molecule has 0 rings (SSSR count). The zero-order valence-corrected chi connectivity index (χ0v) is 11.2. The number of rotatable bonds is 9. The van der Waals surface area contributed by atoms with Crippen molar-refractivity contribution in [3.63, 3.8) is 0 Å². The Hall–Kier alpha value is 0.310. The van der Waals surface area contributed by atoms with Crippen molar-refractivity contribution in [3.8, 4) is 0 Å². The minimum Gasteiger partial charge on any atom is -0.316 e. The molecule has 0 amide bonds. The molecule has 0 spiro atoms. The second kappa shape index (κ2) is 8.60. The van der Waals surface area contributed by atoms with E-state index in [0.29, 0.717) is 5.41 Å². The van der Waals surface area contributed by atoms with E-state index in [4.69, 9.17) is 0 Å². The average Bonchev–Trinajstić information content (AvgIpc) is 2.19. The molecule has 0 aromatic carbocycles. The summed E-state index contributed by atoms with van der Waals surface area (Å²) in [7, 11) is 0. The predicted molar refractivity (Wildman–Crippen MR) is 69.2 cm³/mol. The molecule has 0 aliphatic rings. The van der Waals surface area contributed by atoms with Crippen molar-refractivity contribution in [2.45, 2.75) is 46.5 Å². The number of nitrogens with one attached hydrogen (secondary N) is 1. The fourth-order valence-corrected chi connectivity index (χ4v) is 2.03. The number of hydrogen-bond donors (Lipinski definition) is 1. The van der Waals surface area contributed by atoms with Crippen molar-refractivity contribution in [2.75, 3.05) is 25.1 Å². The first-order valence-corrected chi connectivity index (χ1v) is 7.27. The maximum Gasteiger partial charge on any atom is 0.000506 e. The molecule has 0 radical (unpaired) electrons. The summed E-state index contributed by atoms with van der Waals surface area (Å²) in [4.78, 5) is 0. The van der Waals surface area contributed by atoms with Gasteiger partial charge in [-0.15, -0.1) is 0 Å². The Morgan fingerprint density at radius 2 is 2.00 bits per heavy atom. The van der Waals surface area contributed by atoms with E-state index in [1.165, 1.54) is 38.0 Å². The quantitative estimate of drug-likeness (QED) is 0.593. The molecule has 86 valence electrons. The maximum absolute atomic E-state index is 3.55. The van der Waals surface area contributed by atoms with E-state index < -0.39 is 0 Å². The molecule has 0 aliphatic heterocycles. The van der Waals surface area contributed by atoms with Gasteiger partial charge in [-0.05, 0) is 49.7 Å². The molecule has 0 bridgehead atoms. The van der Waals surface area contributed by atoms with Gasteiger partial charge < -0.3 is 5.32 Å². The highest BCUT2D eigenvalue weighted by molar-refractivity contribution is 7.98. The maximum atomic E-state index is 3.55. The Bertz CT molecular complexity index is 115. The van der Waals surface area contributed by atoms with Crippen LogP contribution in [0.15, 0.2) is 0 Å². The van der Waals surface area contributed by atoms with Crippen LogP contribution >= 0.6 is 11.8 Å². The minimum atomic E-state index is 0.519. The van der Waals surface area contributed by atoms with Crippen LogP contribution in [-0.2, 0) is 0 Å². The Morgan fingerprint density at radius 1 is 1.29 bits per heavy atom. The van der Waals surface area contributed by atoms with Crippen LogP contribution in [0, 0.1) is 5.41 Å². The van der Waals surface area contributed by atoms with Gasteiger partial charge in [-0.1, -0.05) is 20.8 Å². The van der Waals surface area contributed by atoms with Gasteiger partial charge in [0.05, 0.1) is 0 Å². The van der Waals surface area contributed by atoms with Crippen molar-refractivity contribution in [3.05, 3.63) is 0 Å². The zero-order valence-electron chi connectivity index (χ0n) is 10.4. The van der Waals surface area contributed by atoms with Crippen LogP contribution in [0.5, 0.6) is 0 Å². The number of hydrogen-bond acceptors (Lipinski definition) is 2. The molecule has 1 unspecified atom stereocenters. The monoisotopic (exact) mass is 217 g/mol. The smallest absolute Gasteiger partial charge is 0.000506 e. The molecule has 0 saturated carbocycles. The molecule has 2 heteroatoms. The van der Waals surface area contributed by atoms with Crippen LogP contribution in [0.25, 0.3) is 0 Å². The lowest BCUT2D eigenvalue weighted by atomic mass is 9.83. The Balaban J connectivity index is 3.67. The normalized spacial score (nSPS) is 15.4. The Labute approximate surface area is 94.4 Å². The lowest BCUT2D eigenvalue weighted by Crippen LogP contribution is -2.32. The standard InChI is InChI=1S/C12H27NS/c1-5-9-13-11-12(3,6-2)8-7-10-14-4/h13H,5-11H2,1-4H3. The van der Waals surface area contributed by atoms with Crippen LogP contribution in [0.1, 0.15) is 46.5 Å². The Morgan fingerprint density at radius 3 is 2.50 bits per heavy atom. The van der Waals surface area contributed by atoms with E-state index in [9.17, 15) is 0 Å². The van der Waals surface area contributed by atoms with Gasteiger partial charge in [-0.25, -0.2) is 0 Å². The summed E-state index contributed by atoms with van der Waals surface area (Å²) in [5.74, 6) is 1.31. The van der Waals surface area contributed by atoms with Crippen molar-refractivity contribution in [2.24, 2.45) is 5.41 Å². The summed E-state index contributed by atoms with van der Waals surface area (Å²) >= 11 is 1.96. The molecule has 0 saturated heterocycles. The molecule has 14 heavy (non-hydrogen) atoms. The summed E-state index contributed by atoms with van der Waals surface area (Å²) in [5, 5.41) is 3.55. The lowest BCUT2D eigenvalue weighted by molar-refractivity contribution is 0.268. The van der Waals surface area contributed by atoms with E-state index in [2.05, 4.69) is 32.3 Å². The van der Waals surface area contributed by atoms with Crippen LogP contribution in [0.3, 0.4) is 0 Å². The van der Waals surface area contributed by atoms with Crippen LogP contribution in [0.4, 0.5) is 0 Å². The third-order valence-electron chi connectivity index (χ3n) is 2.96. The van der Waals surface area contributed by atoms with Gasteiger partial charge in [0.15, 0.2) is 0 Å². The van der Waals surface area contributed by atoms with E-state index in [1.807, 2.05) is 11.8 Å². The zero-order chi connectivity index (χ0) is 10.9. The van der Waals surface area contributed by atoms with Gasteiger partial charge in [0.2, 0.25) is 0 Å². The molecule has 1 N–H and O–H groups in total. The topological polar surface area (TPSA) is 12.0 Å². The molecule has 1 atom stereocenters. The van der Waals surface area contributed by atoms with Crippen molar-refractivity contribution < 1.29 is 0 Å². The largest absolute Gasteiger partial charge is 0.316 e. The minimum absolute atomic E-state index is 0.519. The lowest BCUT2D eigenvalue weighted by Gasteiger charge is -2.28. The van der Waals surface area contributed by atoms with E-state index in [1.54, 1.807) is 0 Å². The molecule has 0 aromatic rings. The van der Waals surface area contributed by atoms with Crippen LogP contribution in [-0.4, -0.2) is 25.1 Å². The molecular weight excluding hydrogens is 190 g/mol. The summed E-state index contributed by atoms with van der Waals surface area (Å²) in [6, 6.07) is 0. The Kier molecular flexibility index (Phi) is 8.80. The molecule has 0 heterocycles. The fourth-order valence-electron chi connectivity index (χ4n) is 1.60. The second-order valence-electron chi connectivity index (χ2n) is 4.44. The second-order valence-corrected chi connectivity index (χ2v) is 5.42. The first-order chi connectivity index (χ1) is 6.68. The summed E-state index contributed by atoms with van der Waals surface area (Å²) in [6.07, 6.45) is 7.45. The fraction of sp³-hybridized carbons (Fsp3) is 1.00. The van der Waals surface area contributed by atoms with Gasteiger partial charge in [-0.2, -0.15) is 11.8 Å². The number of thioether (sulfide) groups is 1. The van der Waals surface area contributed by atoms with Gasteiger partial charge in [0.1, 0.15) is 0 Å².